The first-order valence-electron chi connectivity index (χ1n) is 7.00. The van der Waals surface area contributed by atoms with Gasteiger partial charge in [0.1, 0.15) is 0 Å². The van der Waals surface area contributed by atoms with Crippen LogP contribution in [0.3, 0.4) is 0 Å². The van der Waals surface area contributed by atoms with Crippen molar-refractivity contribution in [2.45, 2.75) is 37.0 Å². The molecule has 1 aromatic heterocycles. The third-order valence-electron chi connectivity index (χ3n) is 3.77. The predicted octanol–water partition coefficient (Wildman–Crippen LogP) is 1.64. The second-order valence-corrected chi connectivity index (χ2v) is 6.49. The van der Waals surface area contributed by atoms with Gasteiger partial charge in [-0.25, -0.2) is 0 Å². The Labute approximate surface area is 117 Å². The summed E-state index contributed by atoms with van der Waals surface area (Å²) in [5.41, 5.74) is 0.830. The van der Waals surface area contributed by atoms with E-state index in [1.807, 2.05) is 10.9 Å². The van der Waals surface area contributed by atoms with Gasteiger partial charge < -0.3 is 10.6 Å². The van der Waals surface area contributed by atoms with Crippen LogP contribution in [0.25, 0.3) is 0 Å². The molecular formula is C13H20N4OS. The zero-order chi connectivity index (χ0) is 13.1. The number of aromatic nitrogens is 2. The Kier molecular flexibility index (Phi) is 4.08. The van der Waals surface area contributed by atoms with Crippen LogP contribution < -0.4 is 10.6 Å². The van der Waals surface area contributed by atoms with E-state index < -0.39 is 0 Å². The summed E-state index contributed by atoms with van der Waals surface area (Å²) in [5.74, 6) is 1.24. The number of carbonyl (C=O) groups is 1. The van der Waals surface area contributed by atoms with Gasteiger partial charge in [0.25, 0.3) is 0 Å². The molecule has 2 aliphatic heterocycles. The minimum absolute atomic E-state index is 0.127. The van der Waals surface area contributed by atoms with Crippen molar-refractivity contribution >= 4 is 23.4 Å². The van der Waals surface area contributed by atoms with Gasteiger partial charge in [-0.1, -0.05) is 0 Å². The van der Waals surface area contributed by atoms with Crippen molar-refractivity contribution in [3.63, 3.8) is 0 Å². The maximum absolute atomic E-state index is 12.0. The van der Waals surface area contributed by atoms with Gasteiger partial charge in [-0.2, -0.15) is 5.10 Å². The van der Waals surface area contributed by atoms with E-state index >= 15 is 0 Å². The molecule has 2 N–H and O–H groups in total. The Morgan fingerprint density at radius 1 is 1.42 bits per heavy atom. The molecule has 2 aliphatic rings. The number of anilines is 1. The Bertz CT molecular complexity index is 436. The first-order chi connectivity index (χ1) is 9.33. The summed E-state index contributed by atoms with van der Waals surface area (Å²) >= 11 is 1.76. The molecule has 0 aliphatic carbocycles. The van der Waals surface area contributed by atoms with Crippen LogP contribution in [0.1, 0.15) is 31.7 Å². The summed E-state index contributed by atoms with van der Waals surface area (Å²) in [7, 11) is 0. The van der Waals surface area contributed by atoms with Crippen LogP contribution in [0.4, 0.5) is 5.69 Å². The summed E-state index contributed by atoms with van der Waals surface area (Å²) in [6.45, 7) is 2.09. The van der Waals surface area contributed by atoms with Gasteiger partial charge in [-0.3, -0.25) is 9.48 Å². The number of hydrogen-bond donors (Lipinski definition) is 2. The predicted molar refractivity (Wildman–Crippen MR) is 77.5 cm³/mol. The third kappa shape index (κ3) is 3.12. The average molecular weight is 280 g/mol. The first-order valence-corrected chi connectivity index (χ1v) is 8.05. The first kappa shape index (κ1) is 13.0. The molecular weight excluding hydrogens is 260 g/mol. The van der Waals surface area contributed by atoms with Gasteiger partial charge in [0, 0.05) is 6.20 Å². The lowest BCUT2D eigenvalue weighted by atomic mass is 10.1. The zero-order valence-corrected chi connectivity index (χ0v) is 11.8. The largest absolute Gasteiger partial charge is 0.322 e. The van der Waals surface area contributed by atoms with E-state index in [2.05, 4.69) is 15.7 Å². The van der Waals surface area contributed by atoms with Gasteiger partial charge in [0.15, 0.2) is 0 Å². The van der Waals surface area contributed by atoms with Crippen LogP contribution in [0.15, 0.2) is 12.4 Å². The Hall–Kier alpha value is -1.01. The van der Waals surface area contributed by atoms with E-state index in [4.69, 9.17) is 0 Å². The number of thioether (sulfide) groups is 1. The van der Waals surface area contributed by atoms with Crippen molar-refractivity contribution in [2.75, 3.05) is 24.2 Å². The number of carbonyl (C=O) groups excluding carboxylic acids is 1. The summed E-state index contributed by atoms with van der Waals surface area (Å²) in [6, 6.07) is 0.466. The van der Waals surface area contributed by atoms with E-state index in [0.717, 1.165) is 50.2 Å². The van der Waals surface area contributed by atoms with Crippen LogP contribution >= 0.6 is 11.8 Å². The maximum atomic E-state index is 12.0. The van der Waals surface area contributed by atoms with Crippen LogP contribution in [0.5, 0.6) is 0 Å². The molecule has 19 heavy (non-hydrogen) atoms. The van der Waals surface area contributed by atoms with Gasteiger partial charge in [-0.15, -0.1) is 11.8 Å². The molecule has 3 rings (SSSR count). The summed E-state index contributed by atoms with van der Waals surface area (Å²) in [5, 5.41) is 10.8. The topological polar surface area (TPSA) is 59.0 Å². The molecule has 6 heteroatoms. The van der Waals surface area contributed by atoms with Gasteiger partial charge in [-0.05, 0) is 44.5 Å². The third-order valence-corrected chi connectivity index (χ3v) is 5.15. The fourth-order valence-corrected chi connectivity index (χ4v) is 3.84. The fourth-order valence-electron chi connectivity index (χ4n) is 2.68. The molecule has 1 aromatic rings. The van der Waals surface area contributed by atoms with E-state index in [0.29, 0.717) is 6.04 Å². The van der Waals surface area contributed by atoms with Crippen LogP contribution in [0, 0.1) is 0 Å². The van der Waals surface area contributed by atoms with Crippen molar-refractivity contribution < 1.29 is 4.79 Å². The molecule has 1 atom stereocenters. The zero-order valence-electron chi connectivity index (χ0n) is 11.0. The number of nitrogens with zero attached hydrogens (tertiary/aromatic N) is 2. The Morgan fingerprint density at radius 2 is 2.26 bits per heavy atom. The molecule has 1 amide bonds. The number of hydrogen-bond acceptors (Lipinski definition) is 4. The highest BCUT2D eigenvalue weighted by Gasteiger charge is 2.24. The summed E-state index contributed by atoms with van der Waals surface area (Å²) in [4.78, 5) is 12.0. The smallest absolute Gasteiger partial charge is 0.237 e. The summed E-state index contributed by atoms with van der Waals surface area (Å²) < 4.78 is 2.00. The van der Waals surface area contributed by atoms with Crippen molar-refractivity contribution in [3.8, 4) is 0 Å². The lowest BCUT2D eigenvalue weighted by Crippen LogP contribution is -2.29. The second-order valence-electron chi connectivity index (χ2n) is 5.18. The maximum Gasteiger partial charge on any atom is 0.237 e. The molecule has 0 bridgehead atoms. The quantitative estimate of drug-likeness (QED) is 0.884. The number of piperidine rings is 1. The molecule has 0 spiro atoms. The van der Waals surface area contributed by atoms with E-state index in [9.17, 15) is 4.79 Å². The highest BCUT2D eigenvalue weighted by Crippen LogP contribution is 2.27. The number of nitrogens with one attached hydrogen (secondary N) is 2. The van der Waals surface area contributed by atoms with Crippen LogP contribution in [0.2, 0.25) is 0 Å². The summed E-state index contributed by atoms with van der Waals surface area (Å²) in [6.07, 6.45) is 8.09. The van der Waals surface area contributed by atoms with Gasteiger partial charge in [0.05, 0.1) is 23.2 Å². The van der Waals surface area contributed by atoms with Crippen molar-refractivity contribution in [2.24, 2.45) is 0 Å². The molecule has 104 valence electrons. The van der Waals surface area contributed by atoms with Gasteiger partial charge in [0.2, 0.25) is 5.91 Å². The molecule has 1 unspecified atom stereocenters. The lowest BCUT2D eigenvalue weighted by molar-refractivity contribution is -0.115. The van der Waals surface area contributed by atoms with Crippen molar-refractivity contribution in [3.05, 3.63) is 12.4 Å². The second kappa shape index (κ2) is 5.96. The van der Waals surface area contributed by atoms with Crippen LogP contribution in [-0.4, -0.2) is 39.8 Å². The number of rotatable bonds is 3. The molecule has 5 nitrogen and oxygen atoms in total. The Balaban J connectivity index is 1.59. The fraction of sp³-hybridized carbons (Fsp3) is 0.692. The SMILES string of the molecule is O=C(Nc1cnn(C2CCNCC2)c1)C1CCCS1. The van der Waals surface area contributed by atoms with E-state index in [1.54, 1.807) is 18.0 Å². The highest BCUT2D eigenvalue weighted by molar-refractivity contribution is 8.00. The molecule has 0 saturated carbocycles. The Morgan fingerprint density at radius 3 is 3.00 bits per heavy atom. The van der Waals surface area contributed by atoms with E-state index in [1.165, 1.54) is 0 Å². The van der Waals surface area contributed by atoms with Crippen LogP contribution in [-0.2, 0) is 4.79 Å². The molecule has 3 heterocycles. The number of amides is 1. The molecule has 2 saturated heterocycles. The van der Waals surface area contributed by atoms with Gasteiger partial charge >= 0.3 is 0 Å². The molecule has 0 aromatic carbocycles. The normalized spacial score (nSPS) is 24.5. The monoisotopic (exact) mass is 280 g/mol. The highest BCUT2D eigenvalue weighted by atomic mass is 32.2. The molecule has 2 fully saturated rings. The standard InChI is InChI=1S/C13H20N4OS/c18-13(12-2-1-7-19-12)16-10-8-15-17(9-10)11-3-5-14-6-4-11/h8-9,11-12,14H,1-7H2,(H,16,18). The van der Waals surface area contributed by atoms with E-state index in [-0.39, 0.29) is 11.2 Å². The minimum atomic E-state index is 0.127. The average Bonchev–Trinajstić information content (AvgIpc) is 3.11. The lowest BCUT2D eigenvalue weighted by Gasteiger charge is -2.22. The minimum Gasteiger partial charge on any atom is -0.322 e. The van der Waals surface area contributed by atoms with Crippen molar-refractivity contribution in [1.82, 2.24) is 15.1 Å². The van der Waals surface area contributed by atoms with Crippen molar-refractivity contribution in [1.29, 1.82) is 0 Å². The molecule has 0 radical (unpaired) electrons.